The van der Waals surface area contributed by atoms with E-state index >= 15 is 0 Å². The Hall–Kier alpha value is -1.74. The molecule has 0 aliphatic heterocycles. The smallest absolute Gasteiger partial charge is 0.206 e. The fourth-order valence-corrected chi connectivity index (χ4v) is 4.80. The topological polar surface area (TPSA) is 76.9 Å². The molecule has 23 heavy (non-hydrogen) atoms. The second-order valence-corrected chi connectivity index (χ2v) is 8.38. The standard InChI is InChI=1S/C14H13ClN4O2S2/c15-13-6-7-14(22-13)23(20,21)18-12(10-19-16-8-9-17-19)11-4-2-1-3-5-11/h1-9,12,18H,10H2. The monoisotopic (exact) mass is 368 g/mol. The number of aromatic nitrogens is 3. The molecule has 0 saturated carbocycles. The summed E-state index contributed by atoms with van der Waals surface area (Å²) in [5.74, 6) is 0. The van der Waals surface area contributed by atoms with Gasteiger partial charge in [-0.25, -0.2) is 13.1 Å². The van der Waals surface area contributed by atoms with Crippen LogP contribution in [0.15, 0.2) is 59.1 Å². The number of nitrogens with one attached hydrogen (secondary N) is 1. The van der Waals surface area contributed by atoms with E-state index in [0.29, 0.717) is 4.34 Å². The Morgan fingerprint density at radius 2 is 1.83 bits per heavy atom. The van der Waals surface area contributed by atoms with Gasteiger partial charge < -0.3 is 0 Å². The van der Waals surface area contributed by atoms with Crippen LogP contribution in [0.5, 0.6) is 0 Å². The molecular formula is C14H13ClN4O2S2. The highest BCUT2D eigenvalue weighted by atomic mass is 35.5. The van der Waals surface area contributed by atoms with E-state index < -0.39 is 16.1 Å². The van der Waals surface area contributed by atoms with E-state index in [4.69, 9.17) is 11.6 Å². The second kappa shape index (κ2) is 6.79. The van der Waals surface area contributed by atoms with Gasteiger partial charge >= 0.3 is 0 Å². The fraction of sp³-hybridized carbons (Fsp3) is 0.143. The summed E-state index contributed by atoms with van der Waals surface area (Å²) in [4.78, 5) is 1.45. The van der Waals surface area contributed by atoms with E-state index in [1.165, 1.54) is 10.9 Å². The zero-order valence-electron chi connectivity index (χ0n) is 11.8. The van der Waals surface area contributed by atoms with Gasteiger partial charge in [-0.3, -0.25) is 0 Å². The lowest BCUT2D eigenvalue weighted by atomic mass is 10.1. The van der Waals surface area contributed by atoms with Crippen LogP contribution in [0, 0.1) is 0 Å². The summed E-state index contributed by atoms with van der Waals surface area (Å²) in [6.07, 6.45) is 3.10. The molecule has 6 nitrogen and oxygen atoms in total. The third-order valence-corrected chi connectivity index (χ3v) is 6.32. The number of sulfonamides is 1. The zero-order chi connectivity index (χ0) is 16.3. The lowest BCUT2D eigenvalue weighted by Gasteiger charge is -2.18. The highest BCUT2D eigenvalue weighted by Gasteiger charge is 2.23. The largest absolute Gasteiger partial charge is 0.250 e. The molecular weight excluding hydrogens is 356 g/mol. The summed E-state index contributed by atoms with van der Waals surface area (Å²) in [6.45, 7) is 0.287. The van der Waals surface area contributed by atoms with Crippen molar-refractivity contribution in [3.8, 4) is 0 Å². The summed E-state index contributed by atoms with van der Waals surface area (Å²) in [5, 5.41) is 8.08. The highest BCUT2D eigenvalue weighted by Crippen LogP contribution is 2.27. The first-order chi connectivity index (χ1) is 11.0. The Bertz CT molecular complexity index is 863. The van der Waals surface area contributed by atoms with Crippen LogP contribution in [0.1, 0.15) is 11.6 Å². The van der Waals surface area contributed by atoms with Gasteiger partial charge in [0.25, 0.3) is 10.0 Å². The van der Waals surface area contributed by atoms with Gasteiger partial charge in [-0.05, 0) is 17.7 Å². The quantitative estimate of drug-likeness (QED) is 0.725. The molecule has 0 spiro atoms. The fourth-order valence-electron chi connectivity index (χ4n) is 2.08. The summed E-state index contributed by atoms with van der Waals surface area (Å²) < 4.78 is 28.4. The van der Waals surface area contributed by atoms with Crippen LogP contribution in [0.3, 0.4) is 0 Å². The number of thiophene rings is 1. The Balaban J connectivity index is 1.89. The van der Waals surface area contributed by atoms with E-state index in [-0.39, 0.29) is 10.8 Å². The van der Waals surface area contributed by atoms with Crippen LogP contribution in [-0.2, 0) is 16.6 Å². The zero-order valence-corrected chi connectivity index (χ0v) is 14.2. The van der Waals surface area contributed by atoms with Crippen molar-refractivity contribution < 1.29 is 8.42 Å². The Morgan fingerprint density at radius 3 is 2.43 bits per heavy atom. The molecule has 3 aromatic rings. The van der Waals surface area contributed by atoms with Crippen molar-refractivity contribution in [2.24, 2.45) is 0 Å². The van der Waals surface area contributed by atoms with Gasteiger partial charge in [0, 0.05) is 0 Å². The third-order valence-electron chi connectivity index (χ3n) is 3.13. The molecule has 3 rings (SSSR count). The molecule has 1 atom stereocenters. The third kappa shape index (κ3) is 3.97. The van der Waals surface area contributed by atoms with Crippen molar-refractivity contribution in [3.05, 3.63) is 64.8 Å². The number of nitrogens with zero attached hydrogens (tertiary/aromatic N) is 3. The van der Waals surface area contributed by atoms with Gasteiger partial charge in [-0.15, -0.1) is 11.3 Å². The first kappa shape index (κ1) is 16.1. The summed E-state index contributed by atoms with van der Waals surface area (Å²) in [5.41, 5.74) is 0.830. The minimum atomic E-state index is -3.67. The lowest BCUT2D eigenvalue weighted by molar-refractivity contribution is 0.445. The number of halogens is 1. The summed E-state index contributed by atoms with van der Waals surface area (Å²) >= 11 is 6.85. The maximum absolute atomic E-state index is 12.5. The molecule has 1 N–H and O–H groups in total. The van der Waals surface area contributed by atoms with Crippen molar-refractivity contribution in [1.82, 2.24) is 19.7 Å². The van der Waals surface area contributed by atoms with Crippen molar-refractivity contribution in [3.63, 3.8) is 0 Å². The molecule has 1 aromatic carbocycles. The first-order valence-electron chi connectivity index (χ1n) is 6.71. The first-order valence-corrected chi connectivity index (χ1v) is 9.39. The van der Waals surface area contributed by atoms with Gasteiger partial charge in [0.1, 0.15) is 4.21 Å². The van der Waals surface area contributed by atoms with Gasteiger partial charge in [0.05, 0.1) is 29.3 Å². The highest BCUT2D eigenvalue weighted by molar-refractivity contribution is 7.91. The molecule has 2 aromatic heterocycles. The summed E-state index contributed by atoms with van der Waals surface area (Å²) in [6, 6.07) is 11.9. The Morgan fingerprint density at radius 1 is 1.13 bits per heavy atom. The predicted octanol–water partition coefficient (Wildman–Crippen LogP) is 2.71. The van der Waals surface area contributed by atoms with Gasteiger partial charge in [0.2, 0.25) is 0 Å². The number of rotatable bonds is 6. The lowest BCUT2D eigenvalue weighted by Crippen LogP contribution is -2.31. The van der Waals surface area contributed by atoms with Crippen molar-refractivity contribution in [2.45, 2.75) is 16.8 Å². The van der Waals surface area contributed by atoms with E-state index in [9.17, 15) is 8.42 Å². The van der Waals surface area contributed by atoms with Crippen LogP contribution in [0.4, 0.5) is 0 Å². The van der Waals surface area contributed by atoms with Crippen molar-refractivity contribution in [1.29, 1.82) is 0 Å². The van der Waals surface area contributed by atoms with E-state index in [1.54, 1.807) is 18.5 Å². The molecule has 1 unspecified atom stereocenters. The number of hydrogen-bond acceptors (Lipinski definition) is 5. The van der Waals surface area contributed by atoms with E-state index in [2.05, 4.69) is 14.9 Å². The number of benzene rings is 1. The molecule has 0 radical (unpaired) electrons. The van der Waals surface area contributed by atoms with Crippen LogP contribution >= 0.6 is 22.9 Å². The second-order valence-electron chi connectivity index (χ2n) is 4.73. The number of hydrogen-bond donors (Lipinski definition) is 1. The van der Waals surface area contributed by atoms with E-state index in [1.807, 2.05) is 30.3 Å². The minimum absolute atomic E-state index is 0.178. The molecule has 0 aliphatic carbocycles. The van der Waals surface area contributed by atoms with Crippen molar-refractivity contribution >= 4 is 33.0 Å². The molecule has 9 heteroatoms. The molecule has 2 heterocycles. The van der Waals surface area contributed by atoms with Crippen LogP contribution < -0.4 is 4.72 Å². The van der Waals surface area contributed by atoms with E-state index in [0.717, 1.165) is 16.9 Å². The maximum atomic E-state index is 12.5. The molecule has 120 valence electrons. The van der Waals surface area contributed by atoms with Crippen LogP contribution in [-0.4, -0.2) is 23.4 Å². The molecule has 0 bridgehead atoms. The molecule has 0 amide bonds. The average molecular weight is 369 g/mol. The van der Waals surface area contributed by atoms with Gasteiger partial charge in [0.15, 0.2) is 0 Å². The van der Waals surface area contributed by atoms with Crippen LogP contribution in [0.25, 0.3) is 0 Å². The van der Waals surface area contributed by atoms with Gasteiger partial charge in [-0.2, -0.15) is 15.0 Å². The Kier molecular flexibility index (Phi) is 4.76. The minimum Gasteiger partial charge on any atom is -0.206 e. The normalized spacial score (nSPS) is 13.1. The Labute approximate surface area is 142 Å². The van der Waals surface area contributed by atoms with Crippen molar-refractivity contribution in [2.75, 3.05) is 0 Å². The van der Waals surface area contributed by atoms with Gasteiger partial charge in [-0.1, -0.05) is 41.9 Å². The average Bonchev–Trinajstić information content (AvgIpc) is 3.19. The predicted molar refractivity (Wildman–Crippen MR) is 88.9 cm³/mol. The molecule has 0 aliphatic rings. The molecule has 0 saturated heterocycles. The summed E-state index contributed by atoms with van der Waals surface area (Å²) in [7, 11) is -3.67. The molecule has 0 fully saturated rings. The van der Waals surface area contributed by atoms with Crippen LogP contribution in [0.2, 0.25) is 4.34 Å². The SMILES string of the molecule is O=S(=O)(NC(Cn1nccn1)c1ccccc1)c1ccc(Cl)s1. The maximum Gasteiger partial charge on any atom is 0.250 e.